The lowest BCUT2D eigenvalue weighted by molar-refractivity contribution is 0.309. The van der Waals surface area contributed by atoms with Crippen molar-refractivity contribution in [3.8, 4) is 6.01 Å². The maximum Gasteiger partial charge on any atom is 0.299 e. The van der Waals surface area contributed by atoms with Crippen LogP contribution in [0, 0.1) is 12.8 Å². The van der Waals surface area contributed by atoms with E-state index in [9.17, 15) is 4.79 Å². The van der Waals surface area contributed by atoms with Crippen molar-refractivity contribution in [2.24, 2.45) is 5.92 Å². The molecule has 18 heavy (non-hydrogen) atoms. The van der Waals surface area contributed by atoms with Crippen molar-refractivity contribution in [1.29, 1.82) is 0 Å². The van der Waals surface area contributed by atoms with Gasteiger partial charge in [0.2, 0.25) is 0 Å². The molecule has 0 N–H and O–H groups in total. The summed E-state index contributed by atoms with van der Waals surface area (Å²) in [6.07, 6.45) is 4.61. The summed E-state index contributed by atoms with van der Waals surface area (Å²) >= 11 is 0. The predicted molar refractivity (Wildman–Crippen MR) is 73.1 cm³/mol. The molecule has 0 amide bonds. The molecule has 1 unspecified atom stereocenters. The number of rotatable bonds is 7. The number of methoxy groups -OCH3 is 1. The van der Waals surface area contributed by atoms with Crippen molar-refractivity contribution in [1.82, 2.24) is 9.55 Å². The third-order valence-corrected chi connectivity index (χ3v) is 3.27. The lowest BCUT2D eigenvalue weighted by Gasteiger charge is -2.18. The Labute approximate surface area is 109 Å². The SMILES string of the molecule is CCCCC(CC)Cn1c(OC)nc(C)cc1=O. The average Bonchev–Trinajstić information content (AvgIpc) is 2.36. The second-order valence-corrected chi connectivity index (χ2v) is 4.75. The fraction of sp³-hybridized carbons (Fsp3) is 0.714. The second-order valence-electron chi connectivity index (χ2n) is 4.75. The van der Waals surface area contributed by atoms with Crippen LogP contribution in [0.1, 0.15) is 45.2 Å². The third kappa shape index (κ3) is 3.86. The Balaban J connectivity index is 2.91. The minimum Gasteiger partial charge on any atom is -0.468 e. The summed E-state index contributed by atoms with van der Waals surface area (Å²) in [6, 6.07) is 1.99. The molecule has 1 rings (SSSR count). The second kappa shape index (κ2) is 7.19. The van der Waals surface area contributed by atoms with Gasteiger partial charge < -0.3 is 4.74 Å². The summed E-state index contributed by atoms with van der Waals surface area (Å²) in [5.41, 5.74) is 0.684. The normalized spacial score (nSPS) is 12.4. The monoisotopic (exact) mass is 252 g/mol. The zero-order chi connectivity index (χ0) is 13.5. The molecular weight excluding hydrogens is 228 g/mol. The van der Waals surface area contributed by atoms with Gasteiger partial charge in [0.05, 0.1) is 7.11 Å². The molecule has 0 aliphatic rings. The van der Waals surface area contributed by atoms with E-state index in [4.69, 9.17) is 4.74 Å². The summed E-state index contributed by atoms with van der Waals surface area (Å²) in [4.78, 5) is 16.2. The molecule has 1 heterocycles. The van der Waals surface area contributed by atoms with Gasteiger partial charge in [-0.05, 0) is 19.3 Å². The van der Waals surface area contributed by atoms with Gasteiger partial charge in [0.25, 0.3) is 11.6 Å². The number of hydrogen-bond donors (Lipinski definition) is 0. The minimum atomic E-state index is -0.0192. The van der Waals surface area contributed by atoms with Crippen molar-refractivity contribution < 1.29 is 4.74 Å². The van der Waals surface area contributed by atoms with E-state index >= 15 is 0 Å². The molecule has 102 valence electrons. The van der Waals surface area contributed by atoms with E-state index in [0.717, 1.165) is 12.8 Å². The number of aromatic nitrogens is 2. The van der Waals surface area contributed by atoms with Crippen LogP contribution in [0.25, 0.3) is 0 Å². The van der Waals surface area contributed by atoms with Crippen molar-refractivity contribution in [3.63, 3.8) is 0 Å². The lowest BCUT2D eigenvalue weighted by atomic mass is 9.99. The Kier molecular flexibility index (Phi) is 5.89. The Bertz CT molecular complexity index is 426. The van der Waals surface area contributed by atoms with E-state index in [1.54, 1.807) is 17.7 Å². The molecule has 0 spiro atoms. The molecule has 0 fully saturated rings. The quantitative estimate of drug-likeness (QED) is 0.749. The predicted octanol–water partition coefficient (Wildman–Crippen LogP) is 2.78. The van der Waals surface area contributed by atoms with Gasteiger partial charge in [-0.2, -0.15) is 0 Å². The van der Waals surface area contributed by atoms with Crippen LogP contribution in [0.4, 0.5) is 0 Å². The first-order valence-corrected chi connectivity index (χ1v) is 6.74. The summed E-state index contributed by atoms with van der Waals surface area (Å²) < 4.78 is 6.86. The van der Waals surface area contributed by atoms with Gasteiger partial charge in [0, 0.05) is 18.3 Å². The van der Waals surface area contributed by atoms with Gasteiger partial charge in [0.15, 0.2) is 0 Å². The zero-order valence-electron chi connectivity index (χ0n) is 11.9. The van der Waals surface area contributed by atoms with E-state index in [1.165, 1.54) is 12.8 Å². The maximum atomic E-state index is 12.0. The smallest absolute Gasteiger partial charge is 0.299 e. The van der Waals surface area contributed by atoms with Crippen LogP contribution >= 0.6 is 0 Å². The van der Waals surface area contributed by atoms with E-state index in [-0.39, 0.29) is 5.56 Å². The fourth-order valence-corrected chi connectivity index (χ4v) is 2.09. The summed E-state index contributed by atoms with van der Waals surface area (Å²) in [6.45, 7) is 6.86. The zero-order valence-corrected chi connectivity index (χ0v) is 11.9. The minimum absolute atomic E-state index is 0.0192. The van der Waals surface area contributed by atoms with Crippen molar-refractivity contribution in [3.05, 3.63) is 22.1 Å². The third-order valence-electron chi connectivity index (χ3n) is 3.27. The summed E-state index contributed by atoms with van der Waals surface area (Å²) in [7, 11) is 1.56. The van der Waals surface area contributed by atoms with Gasteiger partial charge in [-0.25, -0.2) is 4.98 Å². The van der Waals surface area contributed by atoms with Crippen LogP contribution in [-0.4, -0.2) is 16.7 Å². The number of hydrogen-bond acceptors (Lipinski definition) is 3. The van der Waals surface area contributed by atoms with E-state index in [0.29, 0.717) is 24.2 Å². The van der Waals surface area contributed by atoms with Gasteiger partial charge in [-0.3, -0.25) is 9.36 Å². The van der Waals surface area contributed by atoms with E-state index in [1.807, 2.05) is 6.92 Å². The Morgan fingerprint density at radius 3 is 2.72 bits per heavy atom. The van der Waals surface area contributed by atoms with Crippen LogP contribution < -0.4 is 10.3 Å². The highest BCUT2D eigenvalue weighted by atomic mass is 16.5. The van der Waals surface area contributed by atoms with Gasteiger partial charge in [-0.1, -0.05) is 33.1 Å². The average molecular weight is 252 g/mol. The maximum absolute atomic E-state index is 12.0. The number of nitrogens with zero attached hydrogens (tertiary/aromatic N) is 2. The van der Waals surface area contributed by atoms with Crippen LogP contribution in [-0.2, 0) is 6.54 Å². The van der Waals surface area contributed by atoms with Crippen molar-refractivity contribution >= 4 is 0 Å². The van der Waals surface area contributed by atoms with Gasteiger partial charge in [0.1, 0.15) is 0 Å². The summed E-state index contributed by atoms with van der Waals surface area (Å²) in [5, 5.41) is 0. The molecule has 1 aromatic rings. The van der Waals surface area contributed by atoms with Crippen LogP contribution in [0.5, 0.6) is 6.01 Å². The Morgan fingerprint density at radius 1 is 1.44 bits per heavy atom. The molecule has 0 radical (unpaired) electrons. The van der Waals surface area contributed by atoms with Crippen LogP contribution in [0.2, 0.25) is 0 Å². The van der Waals surface area contributed by atoms with Crippen LogP contribution in [0.3, 0.4) is 0 Å². The van der Waals surface area contributed by atoms with Crippen LogP contribution in [0.15, 0.2) is 10.9 Å². The fourth-order valence-electron chi connectivity index (χ4n) is 2.09. The first-order valence-electron chi connectivity index (χ1n) is 6.74. The van der Waals surface area contributed by atoms with Gasteiger partial charge >= 0.3 is 0 Å². The molecule has 0 aliphatic heterocycles. The first kappa shape index (κ1) is 14.7. The van der Waals surface area contributed by atoms with E-state index < -0.39 is 0 Å². The molecule has 4 nitrogen and oxygen atoms in total. The Hall–Kier alpha value is -1.32. The van der Waals surface area contributed by atoms with Crippen molar-refractivity contribution in [2.75, 3.05) is 7.11 Å². The molecule has 1 atom stereocenters. The molecule has 0 aliphatic carbocycles. The number of ether oxygens (including phenoxy) is 1. The van der Waals surface area contributed by atoms with Gasteiger partial charge in [-0.15, -0.1) is 0 Å². The lowest BCUT2D eigenvalue weighted by Crippen LogP contribution is -2.26. The molecule has 0 saturated heterocycles. The Morgan fingerprint density at radius 2 is 2.17 bits per heavy atom. The molecule has 0 bridgehead atoms. The molecule has 0 aromatic carbocycles. The highest BCUT2D eigenvalue weighted by Gasteiger charge is 2.13. The molecule has 4 heteroatoms. The number of aryl methyl sites for hydroxylation is 1. The van der Waals surface area contributed by atoms with Crippen molar-refractivity contribution in [2.45, 2.75) is 53.0 Å². The van der Waals surface area contributed by atoms with E-state index in [2.05, 4.69) is 18.8 Å². The molecular formula is C14H24N2O2. The largest absolute Gasteiger partial charge is 0.468 e. The molecule has 1 aromatic heterocycles. The standard InChI is InChI=1S/C14H24N2O2/c1-5-7-8-12(6-2)10-16-13(17)9-11(3)15-14(16)18-4/h9,12H,5-8,10H2,1-4H3. The highest BCUT2D eigenvalue weighted by Crippen LogP contribution is 2.16. The molecule has 0 saturated carbocycles. The highest BCUT2D eigenvalue weighted by molar-refractivity contribution is 5.06. The number of unbranched alkanes of at least 4 members (excludes halogenated alkanes) is 1. The first-order chi connectivity index (χ1) is 8.62. The summed E-state index contributed by atoms with van der Waals surface area (Å²) in [5.74, 6) is 0.515. The topological polar surface area (TPSA) is 44.1 Å².